The number of benzene rings is 2. The normalized spacial score (nSPS) is 13.4. The quantitative estimate of drug-likeness (QED) is 0.862. The van der Waals surface area contributed by atoms with E-state index in [1.807, 2.05) is 43.3 Å². The summed E-state index contributed by atoms with van der Waals surface area (Å²) in [6.07, 6.45) is 0. The third-order valence-electron chi connectivity index (χ3n) is 3.67. The summed E-state index contributed by atoms with van der Waals surface area (Å²) in [5.41, 5.74) is 1.83. The molecule has 0 radical (unpaired) electrons. The van der Waals surface area contributed by atoms with Gasteiger partial charge in [0.25, 0.3) is 0 Å². The van der Waals surface area contributed by atoms with Crippen LogP contribution in [0, 0.1) is 0 Å². The smallest absolute Gasteiger partial charge is 0.243 e. The first-order valence-electron chi connectivity index (χ1n) is 7.37. The molecule has 3 nitrogen and oxygen atoms in total. The Morgan fingerprint density at radius 3 is 2.30 bits per heavy atom. The molecule has 0 aliphatic rings. The molecule has 0 heterocycles. The number of likely N-dealkylation sites (N-methyl/N-ethyl adjacent to an activating group) is 1. The van der Waals surface area contributed by atoms with Gasteiger partial charge in [0, 0.05) is 30.2 Å². The van der Waals surface area contributed by atoms with Gasteiger partial charge in [-0.1, -0.05) is 59.6 Å². The molecule has 0 bridgehead atoms. The number of carbonyl (C=O) groups is 1. The minimum atomic E-state index is -0.437. The lowest BCUT2D eigenvalue weighted by Gasteiger charge is -2.26. The Bertz CT molecular complexity index is 674. The number of amides is 1. The van der Waals surface area contributed by atoms with E-state index in [-0.39, 0.29) is 11.9 Å². The van der Waals surface area contributed by atoms with E-state index in [0.717, 1.165) is 11.1 Å². The van der Waals surface area contributed by atoms with Crippen molar-refractivity contribution in [2.24, 2.45) is 0 Å². The molecule has 0 saturated heterocycles. The van der Waals surface area contributed by atoms with Gasteiger partial charge in [0.15, 0.2) is 0 Å². The Hall–Kier alpha value is -1.55. The number of rotatable bonds is 5. The fraction of sp³-hybridized carbons (Fsp3) is 0.278. The fourth-order valence-electron chi connectivity index (χ4n) is 2.41. The molecule has 23 heavy (non-hydrogen) atoms. The van der Waals surface area contributed by atoms with E-state index in [4.69, 9.17) is 23.2 Å². The van der Waals surface area contributed by atoms with Crippen molar-refractivity contribution in [3.05, 3.63) is 69.7 Å². The van der Waals surface area contributed by atoms with Gasteiger partial charge in [-0.05, 0) is 30.2 Å². The number of carbonyl (C=O) groups excluding carboxylic acids is 1. The topological polar surface area (TPSA) is 32.3 Å². The minimum Gasteiger partial charge on any atom is -0.347 e. The van der Waals surface area contributed by atoms with Gasteiger partial charge >= 0.3 is 0 Å². The van der Waals surface area contributed by atoms with E-state index in [0.29, 0.717) is 10.0 Å². The monoisotopic (exact) mass is 350 g/mol. The molecule has 0 spiro atoms. The molecule has 0 saturated carbocycles. The van der Waals surface area contributed by atoms with Crippen LogP contribution in [0.4, 0.5) is 0 Å². The third kappa shape index (κ3) is 4.47. The average Bonchev–Trinajstić information content (AvgIpc) is 2.52. The zero-order valence-electron chi connectivity index (χ0n) is 13.4. The Kier molecular flexibility index (Phi) is 6.05. The number of hydrogen-bond acceptors (Lipinski definition) is 2. The van der Waals surface area contributed by atoms with Crippen LogP contribution >= 0.6 is 23.2 Å². The van der Waals surface area contributed by atoms with E-state index in [9.17, 15) is 4.79 Å². The van der Waals surface area contributed by atoms with Gasteiger partial charge < -0.3 is 4.90 Å². The van der Waals surface area contributed by atoms with Gasteiger partial charge in [-0.15, -0.1) is 0 Å². The summed E-state index contributed by atoms with van der Waals surface area (Å²) in [6.45, 7) is 1.98. The second kappa shape index (κ2) is 7.82. The van der Waals surface area contributed by atoms with E-state index in [2.05, 4.69) is 5.32 Å². The Morgan fingerprint density at radius 2 is 1.74 bits per heavy atom. The zero-order valence-corrected chi connectivity index (χ0v) is 14.9. The Balaban J connectivity index is 2.28. The van der Waals surface area contributed by atoms with E-state index >= 15 is 0 Å². The lowest BCUT2D eigenvalue weighted by Crippen LogP contribution is -2.38. The number of nitrogens with one attached hydrogen (secondary N) is 1. The highest BCUT2D eigenvalue weighted by molar-refractivity contribution is 6.35. The summed E-state index contributed by atoms with van der Waals surface area (Å²) in [5.74, 6) is -0.00636. The van der Waals surface area contributed by atoms with Gasteiger partial charge in [0.05, 0.1) is 0 Å². The van der Waals surface area contributed by atoms with Crippen molar-refractivity contribution in [2.45, 2.75) is 19.0 Å². The van der Waals surface area contributed by atoms with Crippen LogP contribution < -0.4 is 5.32 Å². The summed E-state index contributed by atoms with van der Waals surface area (Å²) in [4.78, 5) is 14.1. The molecule has 0 unspecified atom stereocenters. The first kappa shape index (κ1) is 17.8. The predicted octanol–water partition coefficient (Wildman–Crippen LogP) is 4.47. The molecule has 2 rings (SSSR count). The van der Waals surface area contributed by atoms with Gasteiger partial charge in [-0.25, -0.2) is 0 Å². The molecule has 0 aliphatic heterocycles. The summed E-state index contributed by atoms with van der Waals surface area (Å²) in [6, 6.07) is 14.5. The number of halogens is 2. The molecule has 122 valence electrons. The standard InChI is InChI=1S/C18H20Cl2N2O/c1-12(15-10-9-14(19)11-16(15)20)21-17(18(23)22(2)3)13-7-5-4-6-8-13/h4-12,17,21H,1-3H3/t12-,17-/m1/s1. The molecular weight excluding hydrogens is 331 g/mol. The molecule has 1 amide bonds. The van der Waals surface area contributed by atoms with Gasteiger partial charge in [0.2, 0.25) is 5.91 Å². The maximum absolute atomic E-state index is 12.6. The molecule has 0 aromatic heterocycles. The highest BCUT2D eigenvalue weighted by atomic mass is 35.5. The van der Waals surface area contributed by atoms with Crippen molar-refractivity contribution in [3.63, 3.8) is 0 Å². The van der Waals surface area contributed by atoms with Crippen LogP contribution in [-0.2, 0) is 4.79 Å². The predicted molar refractivity (Wildman–Crippen MR) is 95.9 cm³/mol. The van der Waals surface area contributed by atoms with Crippen LogP contribution in [0.15, 0.2) is 48.5 Å². The van der Waals surface area contributed by atoms with Crippen LogP contribution in [-0.4, -0.2) is 24.9 Å². The fourth-order valence-corrected chi connectivity index (χ4v) is 2.98. The first-order valence-corrected chi connectivity index (χ1v) is 8.13. The Morgan fingerprint density at radius 1 is 1.09 bits per heavy atom. The van der Waals surface area contributed by atoms with Crippen molar-refractivity contribution in [3.8, 4) is 0 Å². The molecule has 0 aliphatic carbocycles. The third-order valence-corrected chi connectivity index (χ3v) is 4.23. The highest BCUT2D eigenvalue weighted by Crippen LogP contribution is 2.28. The zero-order chi connectivity index (χ0) is 17.0. The van der Waals surface area contributed by atoms with Crippen LogP contribution in [0.3, 0.4) is 0 Å². The lowest BCUT2D eigenvalue weighted by atomic mass is 10.0. The van der Waals surface area contributed by atoms with E-state index in [1.165, 1.54) is 0 Å². The molecule has 5 heteroatoms. The summed E-state index contributed by atoms with van der Waals surface area (Å²) in [5, 5.41) is 4.55. The average molecular weight is 351 g/mol. The van der Waals surface area contributed by atoms with Crippen molar-refractivity contribution < 1.29 is 4.79 Å². The van der Waals surface area contributed by atoms with Crippen LogP contribution in [0.1, 0.15) is 30.1 Å². The molecule has 2 aromatic carbocycles. The molecule has 1 N–H and O–H groups in total. The van der Waals surface area contributed by atoms with E-state index in [1.54, 1.807) is 31.1 Å². The van der Waals surface area contributed by atoms with Crippen LogP contribution in [0.2, 0.25) is 10.0 Å². The molecule has 2 aromatic rings. The number of nitrogens with zero attached hydrogens (tertiary/aromatic N) is 1. The van der Waals surface area contributed by atoms with Crippen molar-refractivity contribution in [1.29, 1.82) is 0 Å². The molecule has 2 atom stereocenters. The second-order valence-electron chi connectivity index (χ2n) is 5.63. The summed E-state index contributed by atoms with van der Waals surface area (Å²) in [7, 11) is 3.50. The largest absolute Gasteiger partial charge is 0.347 e. The lowest BCUT2D eigenvalue weighted by molar-refractivity contribution is -0.131. The van der Waals surface area contributed by atoms with Crippen LogP contribution in [0.25, 0.3) is 0 Å². The van der Waals surface area contributed by atoms with Gasteiger partial charge in [-0.3, -0.25) is 10.1 Å². The van der Waals surface area contributed by atoms with Gasteiger partial charge in [0.1, 0.15) is 6.04 Å². The van der Waals surface area contributed by atoms with Crippen molar-refractivity contribution >= 4 is 29.1 Å². The maximum atomic E-state index is 12.6. The Labute approximate surface area is 147 Å². The minimum absolute atomic E-state index is 0.00636. The second-order valence-corrected chi connectivity index (χ2v) is 6.47. The summed E-state index contributed by atoms with van der Waals surface area (Å²) < 4.78 is 0. The van der Waals surface area contributed by atoms with Crippen molar-refractivity contribution in [1.82, 2.24) is 10.2 Å². The van der Waals surface area contributed by atoms with E-state index < -0.39 is 6.04 Å². The summed E-state index contributed by atoms with van der Waals surface area (Å²) >= 11 is 12.2. The highest BCUT2D eigenvalue weighted by Gasteiger charge is 2.24. The molecular formula is C18H20Cl2N2O. The van der Waals surface area contributed by atoms with Crippen molar-refractivity contribution in [2.75, 3.05) is 14.1 Å². The van der Waals surface area contributed by atoms with Crippen LogP contribution in [0.5, 0.6) is 0 Å². The SMILES string of the molecule is C[C@@H](N[C@@H](C(=O)N(C)C)c1ccccc1)c1ccc(Cl)cc1Cl. The molecule has 0 fully saturated rings. The van der Waals surface area contributed by atoms with Gasteiger partial charge in [-0.2, -0.15) is 0 Å². The first-order chi connectivity index (χ1) is 10.9. The maximum Gasteiger partial charge on any atom is 0.243 e. The number of hydrogen-bond donors (Lipinski definition) is 1.